The highest BCUT2D eigenvalue weighted by Crippen LogP contribution is 2.30. The number of aromatic carboxylic acids is 1. The number of benzene rings is 1. The number of likely N-dealkylation sites (tertiary alicyclic amines) is 1. The second-order valence-electron chi connectivity index (χ2n) is 6.83. The van der Waals surface area contributed by atoms with Gasteiger partial charge in [0.15, 0.2) is 11.5 Å². The summed E-state index contributed by atoms with van der Waals surface area (Å²) in [5, 5.41) is 8.89. The number of carboxylic acid groups (broad SMARTS) is 1. The van der Waals surface area contributed by atoms with Gasteiger partial charge in [-0.15, -0.1) is 0 Å². The highest BCUT2D eigenvalue weighted by atomic mass is 16.5. The third-order valence-electron chi connectivity index (χ3n) is 4.62. The molecular weight excluding hydrogens is 334 g/mol. The Morgan fingerprint density at radius 2 is 2.15 bits per heavy atom. The summed E-state index contributed by atoms with van der Waals surface area (Å²) in [6, 6.07) is 8.95. The molecular formula is C20H25NO5. The lowest BCUT2D eigenvalue weighted by molar-refractivity contribution is 0.0658. The van der Waals surface area contributed by atoms with E-state index >= 15 is 0 Å². The predicted molar refractivity (Wildman–Crippen MR) is 96.7 cm³/mol. The van der Waals surface area contributed by atoms with Crippen molar-refractivity contribution < 1.29 is 23.8 Å². The highest BCUT2D eigenvalue weighted by Gasteiger charge is 2.17. The maximum atomic E-state index is 10.9. The fourth-order valence-corrected chi connectivity index (χ4v) is 3.34. The first-order valence-corrected chi connectivity index (χ1v) is 8.89. The number of methoxy groups -OCH3 is 1. The molecule has 1 aliphatic rings. The van der Waals surface area contributed by atoms with Crippen molar-refractivity contribution >= 4 is 5.97 Å². The molecule has 0 spiro atoms. The normalized spacial score (nSPS) is 17.8. The van der Waals surface area contributed by atoms with E-state index in [0.29, 0.717) is 17.3 Å². The molecule has 26 heavy (non-hydrogen) atoms. The lowest BCUT2D eigenvalue weighted by Gasteiger charge is -2.30. The molecule has 1 atom stereocenters. The first-order chi connectivity index (χ1) is 12.5. The average molecular weight is 359 g/mol. The van der Waals surface area contributed by atoms with Crippen LogP contribution in [0.3, 0.4) is 0 Å². The van der Waals surface area contributed by atoms with Gasteiger partial charge in [-0.05, 0) is 55.1 Å². The van der Waals surface area contributed by atoms with Crippen molar-refractivity contribution in [3.8, 4) is 11.5 Å². The molecule has 1 aliphatic heterocycles. The molecule has 140 valence electrons. The fourth-order valence-electron chi connectivity index (χ4n) is 3.34. The Kier molecular flexibility index (Phi) is 5.83. The summed E-state index contributed by atoms with van der Waals surface area (Å²) in [6.07, 6.45) is 2.56. The van der Waals surface area contributed by atoms with Crippen LogP contribution in [0.15, 0.2) is 34.7 Å². The maximum absolute atomic E-state index is 10.9. The molecule has 0 bridgehead atoms. The van der Waals surface area contributed by atoms with Gasteiger partial charge in [0, 0.05) is 13.1 Å². The fraction of sp³-hybridized carbons (Fsp3) is 0.450. The number of carboxylic acids is 1. The number of piperidine rings is 1. The lowest BCUT2D eigenvalue weighted by atomic mass is 10.00. The smallest absolute Gasteiger partial charge is 0.371 e. The van der Waals surface area contributed by atoms with Crippen molar-refractivity contribution in [2.24, 2.45) is 5.92 Å². The molecule has 2 aromatic rings. The van der Waals surface area contributed by atoms with Crippen LogP contribution in [-0.2, 0) is 13.2 Å². The van der Waals surface area contributed by atoms with Crippen LogP contribution in [0.5, 0.6) is 11.5 Å². The number of hydrogen-bond donors (Lipinski definition) is 1. The number of furan rings is 1. The summed E-state index contributed by atoms with van der Waals surface area (Å²) in [4.78, 5) is 13.3. The standard InChI is InChI=1S/C20H25NO5/c1-14-4-3-9-21(11-14)12-15-5-7-17(19(10-15)24-2)25-13-16-6-8-18(26-16)20(22)23/h5-8,10,14H,3-4,9,11-13H2,1-2H3,(H,22,23). The third kappa shape index (κ3) is 4.58. The minimum Gasteiger partial charge on any atom is -0.493 e. The van der Waals surface area contributed by atoms with Gasteiger partial charge in [-0.25, -0.2) is 4.79 Å². The molecule has 1 N–H and O–H groups in total. The van der Waals surface area contributed by atoms with Gasteiger partial charge >= 0.3 is 5.97 Å². The lowest BCUT2D eigenvalue weighted by Crippen LogP contribution is -2.33. The van der Waals surface area contributed by atoms with Gasteiger partial charge in [-0.2, -0.15) is 0 Å². The van der Waals surface area contributed by atoms with Crippen molar-refractivity contribution in [3.05, 3.63) is 47.4 Å². The molecule has 3 rings (SSSR count). The van der Waals surface area contributed by atoms with Gasteiger partial charge in [-0.3, -0.25) is 4.90 Å². The molecule has 1 aromatic carbocycles. The van der Waals surface area contributed by atoms with Crippen molar-refractivity contribution in [3.63, 3.8) is 0 Å². The van der Waals surface area contributed by atoms with Crippen molar-refractivity contribution in [1.29, 1.82) is 0 Å². The van der Waals surface area contributed by atoms with Crippen LogP contribution in [0, 0.1) is 5.92 Å². The van der Waals surface area contributed by atoms with Gasteiger partial charge in [0.1, 0.15) is 12.4 Å². The van der Waals surface area contributed by atoms with Crippen LogP contribution in [0.4, 0.5) is 0 Å². The third-order valence-corrected chi connectivity index (χ3v) is 4.62. The van der Waals surface area contributed by atoms with E-state index < -0.39 is 5.97 Å². The van der Waals surface area contributed by atoms with Gasteiger partial charge in [-0.1, -0.05) is 13.0 Å². The quantitative estimate of drug-likeness (QED) is 0.811. The predicted octanol–water partition coefficient (Wildman–Crippen LogP) is 3.80. The Balaban J connectivity index is 1.63. The number of nitrogens with zero attached hydrogens (tertiary/aromatic N) is 1. The minimum absolute atomic E-state index is 0.0957. The summed E-state index contributed by atoms with van der Waals surface area (Å²) in [6.45, 7) is 5.61. The monoisotopic (exact) mass is 359 g/mol. The zero-order valence-electron chi connectivity index (χ0n) is 15.2. The second-order valence-corrected chi connectivity index (χ2v) is 6.83. The number of hydrogen-bond acceptors (Lipinski definition) is 5. The highest BCUT2D eigenvalue weighted by molar-refractivity contribution is 5.84. The molecule has 2 heterocycles. The Morgan fingerprint density at radius 1 is 1.31 bits per heavy atom. The largest absolute Gasteiger partial charge is 0.493 e. The Hall–Kier alpha value is -2.47. The molecule has 1 aromatic heterocycles. The van der Waals surface area contributed by atoms with E-state index in [0.717, 1.165) is 25.6 Å². The molecule has 6 nitrogen and oxygen atoms in total. The summed E-state index contributed by atoms with van der Waals surface area (Å²) < 4.78 is 16.4. The molecule has 1 unspecified atom stereocenters. The second kappa shape index (κ2) is 8.27. The van der Waals surface area contributed by atoms with Crippen LogP contribution < -0.4 is 9.47 Å². The van der Waals surface area contributed by atoms with Crippen LogP contribution in [0.25, 0.3) is 0 Å². The Bertz CT molecular complexity index is 754. The van der Waals surface area contributed by atoms with Crippen LogP contribution in [0.1, 0.15) is 41.6 Å². The summed E-state index contributed by atoms with van der Waals surface area (Å²) >= 11 is 0. The van der Waals surface area contributed by atoms with Crippen molar-refractivity contribution in [2.75, 3.05) is 20.2 Å². The van der Waals surface area contributed by atoms with Gasteiger partial charge < -0.3 is 19.0 Å². The molecule has 6 heteroatoms. The molecule has 0 amide bonds. The van der Waals surface area contributed by atoms with E-state index in [9.17, 15) is 4.79 Å². The number of ether oxygens (including phenoxy) is 2. The van der Waals surface area contributed by atoms with Crippen LogP contribution >= 0.6 is 0 Å². The molecule has 0 saturated carbocycles. The van der Waals surface area contributed by atoms with Gasteiger partial charge in [0.25, 0.3) is 0 Å². The zero-order valence-corrected chi connectivity index (χ0v) is 15.2. The maximum Gasteiger partial charge on any atom is 0.371 e. The van der Waals surface area contributed by atoms with E-state index in [1.165, 1.54) is 24.5 Å². The molecule has 1 saturated heterocycles. The number of rotatable bonds is 7. The summed E-state index contributed by atoms with van der Waals surface area (Å²) in [7, 11) is 1.62. The minimum atomic E-state index is -1.09. The average Bonchev–Trinajstić information content (AvgIpc) is 3.10. The first kappa shape index (κ1) is 18.3. The Morgan fingerprint density at radius 3 is 2.85 bits per heavy atom. The molecule has 0 radical (unpaired) electrons. The van der Waals surface area contributed by atoms with E-state index in [1.807, 2.05) is 18.2 Å². The van der Waals surface area contributed by atoms with Crippen LogP contribution in [-0.4, -0.2) is 36.2 Å². The summed E-state index contributed by atoms with van der Waals surface area (Å²) in [5.41, 5.74) is 1.19. The summed E-state index contributed by atoms with van der Waals surface area (Å²) in [5.74, 6) is 1.29. The molecule has 0 aliphatic carbocycles. The SMILES string of the molecule is COc1cc(CN2CCCC(C)C2)ccc1OCc1ccc(C(=O)O)o1. The van der Waals surface area contributed by atoms with Gasteiger partial charge in [0.05, 0.1) is 7.11 Å². The van der Waals surface area contributed by atoms with E-state index in [1.54, 1.807) is 13.2 Å². The van der Waals surface area contributed by atoms with E-state index in [-0.39, 0.29) is 12.4 Å². The molecule has 1 fully saturated rings. The van der Waals surface area contributed by atoms with Crippen LogP contribution in [0.2, 0.25) is 0 Å². The number of carbonyl (C=O) groups is 1. The van der Waals surface area contributed by atoms with E-state index in [2.05, 4.69) is 11.8 Å². The topological polar surface area (TPSA) is 72.1 Å². The van der Waals surface area contributed by atoms with E-state index in [4.69, 9.17) is 19.0 Å². The van der Waals surface area contributed by atoms with Crippen molar-refractivity contribution in [2.45, 2.75) is 32.9 Å². The first-order valence-electron chi connectivity index (χ1n) is 8.89. The Labute approximate surface area is 153 Å². The van der Waals surface area contributed by atoms with Gasteiger partial charge in [0.2, 0.25) is 5.76 Å². The van der Waals surface area contributed by atoms with Crippen molar-refractivity contribution in [1.82, 2.24) is 4.90 Å². The zero-order chi connectivity index (χ0) is 18.5.